The first kappa shape index (κ1) is 18.0. The van der Waals surface area contributed by atoms with Crippen LogP contribution in [0.15, 0.2) is 54.9 Å². The highest BCUT2D eigenvalue weighted by Gasteiger charge is 2.08. The number of para-hydroxylation sites is 2. The lowest BCUT2D eigenvalue weighted by atomic mass is 10.2. The number of rotatable bonds is 1. The number of carboxylic acids is 1. The lowest BCUT2D eigenvalue weighted by Crippen LogP contribution is -2.21. The van der Waals surface area contributed by atoms with E-state index in [2.05, 4.69) is 41.8 Å². The minimum atomic E-state index is -1.01. The Morgan fingerprint density at radius 2 is 1.62 bits per heavy atom. The molecule has 0 fully saturated rings. The summed E-state index contributed by atoms with van der Waals surface area (Å²) in [6.07, 6.45) is 0. The molecular weight excluding hydrogens is 446 g/mol. The SMILES string of the molecule is Nc1c(Br)cccc1C(=O)O.O=c1[nH]c(=O)c2cccc(Br)c2[nH]1. The zero-order valence-electron chi connectivity index (χ0n) is 12.0. The number of H-pyrrole nitrogens is 2. The van der Waals surface area contributed by atoms with Crippen molar-refractivity contribution in [3.8, 4) is 0 Å². The van der Waals surface area contributed by atoms with E-state index in [9.17, 15) is 14.4 Å². The van der Waals surface area contributed by atoms with Gasteiger partial charge in [-0.2, -0.15) is 0 Å². The molecule has 3 aromatic rings. The molecule has 0 aliphatic carbocycles. The standard InChI is InChI=1S/C8H5BrN2O2.C7H6BrNO2/c9-5-3-1-2-4-6(5)10-8(13)11-7(4)12;8-5-3-1-2-4(6(5)9)7(10)11/h1-3H,(H2,10,11,12,13);1-3H,9H2,(H,10,11). The lowest BCUT2D eigenvalue weighted by Gasteiger charge is -2.00. The number of nitrogens with one attached hydrogen (secondary N) is 2. The van der Waals surface area contributed by atoms with Crippen molar-refractivity contribution < 1.29 is 9.90 Å². The fourth-order valence-corrected chi connectivity index (χ4v) is 2.71. The van der Waals surface area contributed by atoms with E-state index in [0.29, 0.717) is 19.8 Å². The minimum Gasteiger partial charge on any atom is -0.478 e. The number of nitrogen functional groups attached to an aromatic ring is 1. The summed E-state index contributed by atoms with van der Waals surface area (Å²) < 4.78 is 1.31. The Hall–Kier alpha value is -2.39. The second kappa shape index (κ2) is 7.45. The Balaban J connectivity index is 0.000000177. The van der Waals surface area contributed by atoms with E-state index in [1.165, 1.54) is 6.07 Å². The van der Waals surface area contributed by atoms with Crippen LogP contribution in [-0.4, -0.2) is 21.0 Å². The predicted molar refractivity (Wildman–Crippen MR) is 98.4 cm³/mol. The zero-order chi connectivity index (χ0) is 17.9. The monoisotopic (exact) mass is 455 g/mol. The molecule has 3 rings (SSSR count). The van der Waals surface area contributed by atoms with Gasteiger partial charge in [0.05, 0.1) is 22.2 Å². The molecule has 0 spiro atoms. The maximum atomic E-state index is 11.3. The molecule has 0 saturated heterocycles. The van der Waals surface area contributed by atoms with Gasteiger partial charge in [0.1, 0.15) is 0 Å². The molecule has 7 nitrogen and oxygen atoms in total. The molecule has 1 heterocycles. The number of halogens is 2. The molecule has 0 aliphatic heterocycles. The number of fused-ring (bicyclic) bond motifs is 1. The molecule has 5 N–H and O–H groups in total. The van der Waals surface area contributed by atoms with Crippen LogP contribution in [0, 0.1) is 0 Å². The number of aromatic carboxylic acids is 1. The van der Waals surface area contributed by atoms with Gasteiger partial charge in [0, 0.05) is 8.95 Å². The molecule has 0 saturated carbocycles. The fraction of sp³-hybridized carbons (Fsp3) is 0. The van der Waals surface area contributed by atoms with Crippen molar-refractivity contribution in [1.29, 1.82) is 0 Å². The second-order valence-electron chi connectivity index (χ2n) is 4.58. The summed E-state index contributed by atoms with van der Waals surface area (Å²) in [5, 5.41) is 9.06. The van der Waals surface area contributed by atoms with Gasteiger partial charge < -0.3 is 15.8 Å². The van der Waals surface area contributed by atoms with Crippen LogP contribution in [0.1, 0.15) is 10.4 Å². The van der Waals surface area contributed by atoms with E-state index in [0.717, 1.165) is 0 Å². The number of hydrogen-bond acceptors (Lipinski definition) is 4. The Morgan fingerprint density at radius 1 is 1.00 bits per heavy atom. The van der Waals surface area contributed by atoms with Gasteiger partial charge in [-0.3, -0.25) is 9.78 Å². The maximum absolute atomic E-state index is 11.3. The van der Waals surface area contributed by atoms with Gasteiger partial charge in [0.25, 0.3) is 5.56 Å². The van der Waals surface area contributed by atoms with Crippen LogP contribution in [0.2, 0.25) is 0 Å². The van der Waals surface area contributed by atoms with Crippen LogP contribution in [0.25, 0.3) is 10.9 Å². The van der Waals surface area contributed by atoms with Crippen molar-refractivity contribution in [2.45, 2.75) is 0 Å². The third-order valence-electron chi connectivity index (χ3n) is 3.01. The van der Waals surface area contributed by atoms with Gasteiger partial charge in [-0.15, -0.1) is 0 Å². The molecule has 24 heavy (non-hydrogen) atoms. The average molecular weight is 457 g/mol. The zero-order valence-corrected chi connectivity index (χ0v) is 15.1. The highest BCUT2D eigenvalue weighted by atomic mass is 79.9. The first-order valence-corrected chi connectivity index (χ1v) is 8.08. The summed E-state index contributed by atoms with van der Waals surface area (Å²) in [5.74, 6) is -1.01. The molecule has 9 heteroatoms. The average Bonchev–Trinajstić information content (AvgIpc) is 2.51. The van der Waals surface area contributed by atoms with Gasteiger partial charge in [0.2, 0.25) is 0 Å². The molecule has 124 valence electrons. The van der Waals surface area contributed by atoms with Crippen LogP contribution in [0.3, 0.4) is 0 Å². The summed E-state index contributed by atoms with van der Waals surface area (Å²) in [6, 6.07) is 9.93. The van der Waals surface area contributed by atoms with E-state index >= 15 is 0 Å². The second-order valence-corrected chi connectivity index (χ2v) is 6.29. The van der Waals surface area contributed by atoms with Crippen molar-refractivity contribution in [3.05, 3.63) is 71.7 Å². The van der Waals surface area contributed by atoms with E-state index in [1.54, 1.807) is 30.3 Å². The van der Waals surface area contributed by atoms with E-state index in [-0.39, 0.29) is 16.8 Å². The van der Waals surface area contributed by atoms with E-state index < -0.39 is 11.7 Å². The minimum absolute atomic E-state index is 0.124. The topological polar surface area (TPSA) is 129 Å². The molecule has 0 aliphatic rings. The summed E-state index contributed by atoms with van der Waals surface area (Å²) in [4.78, 5) is 37.3. The Bertz CT molecular complexity index is 1030. The number of anilines is 1. The Labute approximate surface area is 151 Å². The fourth-order valence-electron chi connectivity index (χ4n) is 1.88. The van der Waals surface area contributed by atoms with Crippen molar-refractivity contribution in [2.24, 2.45) is 0 Å². The van der Waals surface area contributed by atoms with Crippen molar-refractivity contribution in [3.63, 3.8) is 0 Å². The lowest BCUT2D eigenvalue weighted by molar-refractivity contribution is 0.0698. The molecule has 0 unspecified atom stereocenters. The summed E-state index contributed by atoms with van der Waals surface area (Å²) >= 11 is 6.37. The van der Waals surface area contributed by atoms with Crippen LogP contribution in [0.4, 0.5) is 5.69 Å². The van der Waals surface area contributed by atoms with Crippen LogP contribution in [0.5, 0.6) is 0 Å². The normalized spacial score (nSPS) is 10.1. The third kappa shape index (κ3) is 3.92. The molecule has 0 atom stereocenters. The molecular formula is C15H11Br2N3O4. The van der Waals surface area contributed by atoms with Gasteiger partial charge in [-0.05, 0) is 56.1 Å². The van der Waals surface area contributed by atoms with Crippen molar-refractivity contribution in [2.75, 3.05) is 5.73 Å². The number of aromatic amines is 2. The number of aromatic nitrogens is 2. The van der Waals surface area contributed by atoms with Gasteiger partial charge in [-0.1, -0.05) is 12.1 Å². The molecule has 0 bridgehead atoms. The quantitative estimate of drug-likeness (QED) is 0.418. The number of carboxylic acid groups (broad SMARTS) is 1. The summed E-state index contributed by atoms with van der Waals surface area (Å²) in [5.41, 5.74) is 5.50. The van der Waals surface area contributed by atoms with Crippen LogP contribution >= 0.6 is 31.9 Å². The molecule has 0 amide bonds. The highest BCUT2D eigenvalue weighted by molar-refractivity contribution is 9.11. The van der Waals surface area contributed by atoms with Gasteiger partial charge >= 0.3 is 11.7 Å². The van der Waals surface area contributed by atoms with E-state index in [1.807, 2.05) is 0 Å². The number of benzene rings is 2. The summed E-state index contributed by atoms with van der Waals surface area (Å²) in [7, 11) is 0. The van der Waals surface area contributed by atoms with Gasteiger partial charge in [-0.25, -0.2) is 9.59 Å². The largest absolute Gasteiger partial charge is 0.478 e. The summed E-state index contributed by atoms with van der Waals surface area (Å²) in [6.45, 7) is 0. The number of hydrogen-bond donors (Lipinski definition) is 4. The predicted octanol–water partition coefficient (Wildman–Crippen LogP) is 2.71. The number of carbonyl (C=O) groups is 1. The smallest absolute Gasteiger partial charge is 0.337 e. The maximum Gasteiger partial charge on any atom is 0.337 e. The third-order valence-corrected chi connectivity index (χ3v) is 4.36. The number of nitrogens with two attached hydrogens (primary N) is 1. The molecule has 1 aromatic heterocycles. The van der Waals surface area contributed by atoms with Crippen molar-refractivity contribution in [1.82, 2.24) is 9.97 Å². The highest BCUT2D eigenvalue weighted by Crippen LogP contribution is 2.22. The first-order valence-electron chi connectivity index (χ1n) is 6.49. The van der Waals surface area contributed by atoms with Crippen LogP contribution < -0.4 is 17.0 Å². The van der Waals surface area contributed by atoms with Crippen molar-refractivity contribution >= 4 is 54.4 Å². The Morgan fingerprint density at radius 3 is 2.25 bits per heavy atom. The molecule has 0 radical (unpaired) electrons. The Kier molecular flexibility index (Phi) is 5.58. The first-order chi connectivity index (χ1) is 11.3. The van der Waals surface area contributed by atoms with Crippen LogP contribution in [-0.2, 0) is 0 Å². The molecule has 2 aromatic carbocycles. The van der Waals surface area contributed by atoms with Gasteiger partial charge in [0.15, 0.2) is 0 Å². The van der Waals surface area contributed by atoms with E-state index in [4.69, 9.17) is 10.8 Å².